The number of carbonyl (C=O) groups is 1. The van der Waals surface area contributed by atoms with Crippen LogP contribution >= 0.6 is 0 Å². The van der Waals surface area contributed by atoms with Crippen molar-refractivity contribution in [2.24, 2.45) is 5.92 Å². The van der Waals surface area contributed by atoms with Crippen LogP contribution in [0.15, 0.2) is 18.2 Å². The van der Waals surface area contributed by atoms with Gasteiger partial charge in [-0.2, -0.15) is 0 Å². The number of anilines is 2. The number of benzene rings is 1. The van der Waals surface area contributed by atoms with Gasteiger partial charge in [0.25, 0.3) is 5.91 Å². The van der Waals surface area contributed by atoms with Crippen molar-refractivity contribution in [2.45, 2.75) is 45.1 Å². The highest BCUT2D eigenvalue weighted by molar-refractivity contribution is 5.95. The van der Waals surface area contributed by atoms with Gasteiger partial charge in [0.1, 0.15) is 0 Å². The molecule has 1 saturated carbocycles. The minimum Gasteiger partial charge on any atom is -0.397 e. The number of nitrogens with two attached hydrogens (primary N) is 1. The number of nitrogen functional groups attached to an aromatic ring is 1. The second-order valence-corrected chi connectivity index (χ2v) is 5.84. The van der Waals surface area contributed by atoms with Crippen LogP contribution in [0.5, 0.6) is 0 Å². The van der Waals surface area contributed by atoms with E-state index >= 15 is 0 Å². The van der Waals surface area contributed by atoms with Crippen LogP contribution in [0, 0.1) is 5.92 Å². The molecule has 2 unspecified atom stereocenters. The first-order valence-electron chi connectivity index (χ1n) is 7.48. The second-order valence-electron chi connectivity index (χ2n) is 5.84. The molecule has 0 radical (unpaired) electrons. The number of carbonyl (C=O) groups excluding carboxylic acids is 1. The van der Waals surface area contributed by atoms with Crippen molar-refractivity contribution in [3.05, 3.63) is 23.8 Å². The second kappa shape index (κ2) is 6.64. The topological polar surface area (TPSA) is 67.2 Å². The summed E-state index contributed by atoms with van der Waals surface area (Å²) in [6.45, 7) is 2.33. The van der Waals surface area contributed by atoms with E-state index in [1.54, 1.807) is 13.1 Å². The third-order valence-corrected chi connectivity index (χ3v) is 4.16. The molecule has 20 heavy (non-hydrogen) atoms. The fourth-order valence-electron chi connectivity index (χ4n) is 2.83. The molecule has 1 aromatic carbocycles. The van der Waals surface area contributed by atoms with E-state index in [4.69, 9.17) is 5.73 Å². The Bertz CT molecular complexity index is 473. The lowest BCUT2D eigenvalue weighted by Gasteiger charge is -2.19. The van der Waals surface area contributed by atoms with E-state index in [2.05, 4.69) is 17.6 Å². The number of rotatable bonds is 3. The molecule has 1 aliphatic rings. The van der Waals surface area contributed by atoms with Gasteiger partial charge < -0.3 is 16.4 Å². The third kappa shape index (κ3) is 3.65. The summed E-state index contributed by atoms with van der Waals surface area (Å²) in [7, 11) is 1.62. The predicted molar refractivity (Wildman–Crippen MR) is 83.9 cm³/mol. The lowest BCUT2D eigenvalue weighted by molar-refractivity contribution is 0.0963. The zero-order chi connectivity index (χ0) is 14.5. The fourth-order valence-corrected chi connectivity index (χ4v) is 2.83. The zero-order valence-corrected chi connectivity index (χ0v) is 12.4. The molecular weight excluding hydrogens is 250 g/mol. The van der Waals surface area contributed by atoms with Gasteiger partial charge in [0.2, 0.25) is 0 Å². The minimum atomic E-state index is -0.105. The third-order valence-electron chi connectivity index (χ3n) is 4.16. The van der Waals surface area contributed by atoms with Gasteiger partial charge in [-0.25, -0.2) is 0 Å². The van der Waals surface area contributed by atoms with Crippen molar-refractivity contribution in [2.75, 3.05) is 18.1 Å². The Morgan fingerprint density at radius 1 is 1.25 bits per heavy atom. The van der Waals surface area contributed by atoms with Crippen molar-refractivity contribution >= 4 is 17.3 Å². The summed E-state index contributed by atoms with van der Waals surface area (Å²) in [5, 5.41) is 6.14. The molecule has 1 fully saturated rings. The monoisotopic (exact) mass is 275 g/mol. The Morgan fingerprint density at radius 2 is 2.05 bits per heavy atom. The lowest BCUT2D eigenvalue weighted by Crippen LogP contribution is -2.20. The number of amides is 1. The molecule has 1 aromatic rings. The van der Waals surface area contributed by atoms with Crippen LogP contribution in [-0.4, -0.2) is 19.0 Å². The zero-order valence-electron chi connectivity index (χ0n) is 12.4. The molecule has 0 aliphatic heterocycles. The van der Waals surface area contributed by atoms with Crippen molar-refractivity contribution in [3.63, 3.8) is 0 Å². The van der Waals surface area contributed by atoms with Gasteiger partial charge in [0.15, 0.2) is 0 Å². The first-order valence-corrected chi connectivity index (χ1v) is 7.48. The summed E-state index contributed by atoms with van der Waals surface area (Å²) < 4.78 is 0. The first-order chi connectivity index (χ1) is 9.60. The summed E-state index contributed by atoms with van der Waals surface area (Å²) in [6, 6.07) is 5.96. The van der Waals surface area contributed by atoms with Crippen LogP contribution in [0.1, 0.15) is 49.4 Å². The Hall–Kier alpha value is -1.71. The molecule has 1 aliphatic carbocycles. The summed E-state index contributed by atoms with van der Waals surface area (Å²) >= 11 is 0. The summed E-state index contributed by atoms with van der Waals surface area (Å²) in [6.07, 6.45) is 6.25. The minimum absolute atomic E-state index is 0.105. The predicted octanol–water partition coefficient (Wildman–Crippen LogP) is 3.01. The van der Waals surface area contributed by atoms with Gasteiger partial charge >= 0.3 is 0 Å². The molecule has 0 aromatic heterocycles. The van der Waals surface area contributed by atoms with Crippen molar-refractivity contribution in [1.82, 2.24) is 5.32 Å². The van der Waals surface area contributed by atoms with Gasteiger partial charge in [0, 0.05) is 18.7 Å². The normalized spacial score (nSPS) is 22.9. The number of hydrogen-bond acceptors (Lipinski definition) is 3. The SMILES string of the molecule is CNC(=O)c1ccc(NC2CCCC(C)CC2)c(N)c1. The summed E-state index contributed by atoms with van der Waals surface area (Å²) in [5.41, 5.74) is 8.24. The van der Waals surface area contributed by atoms with Crippen LogP contribution in [0.2, 0.25) is 0 Å². The molecule has 0 heterocycles. The van der Waals surface area contributed by atoms with Gasteiger partial charge in [0.05, 0.1) is 11.4 Å². The van der Waals surface area contributed by atoms with E-state index in [1.807, 2.05) is 12.1 Å². The molecule has 0 bridgehead atoms. The van der Waals surface area contributed by atoms with Crippen LogP contribution < -0.4 is 16.4 Å². The number of hydrogen-bond donors (Lipinski definition) is 3. The van der Waals surface area contributed by atoms with E-state index in [1.165, 1.54) is 32.1 Å². The van der Waals surface area contributed by atoms with Gasteiger partial charge in [-0.1, -0.05) is 19.8 Å². The van der Waals surface area contributed by atoms with Crippen LogP contribution in [0.25, 0.3) is 0 Å². The van der Waals surface area contributed by atoms with E-state index < -0.39 is 0 Å². The van der Waals surface area contributed by atoms with E-state index in [-0.39, 0.29) is 5.91 Å². The maximum absolute atomic E-state index is 11.6. The average Bonchev–Trinajstić information content (AvgIpc) is 2.65. The molecular formula is C16H25N3O. The van der Waals surface area contributed by atoms with E-state index in [9.17, 15) is 4.79 Å². The smallest absolute Gasteiger partial charge is 0.251 e. The van der Waals surface area contributed by atoms with Crippen molar-refractivity contribution in [1.29, 1.82) is 0 Å². The maximum atomic E-state index is 11.6. The van der Waals surface area contributed by atoms with Crippen molar-refractivity contribution in [3.8, 4) is 0 Å². The Balaban J connectivity index is 2.04. The molecule has 2 atom stereocenters. The average molecular weight is 275 g/mol. The molecule has 0 saturated heterocycles. The highest BCUT2D eigenvalue weighted by Crippen LogP contribution is 2.27. The van der Waals surface area contributed by atoms with Crippen LogP contribution in [-0.2, 0) is 0 Å². The summed E-state index contributed by atoms with van der Waals surface area (Å²) in [5.74, 6) is 0.723. The van der Waals surface area contributed by atoms with Crippen LogP contribution in [0.3, 0.4) is 0 Å². The highest BCUT2D eigenvalue weighted by Gasteiger charge is 2.17. The summed E-state index contributed by atoms with van der Waals surface area (Å²) in [4.78, 5) is 11.6. The van der Waals surface area contributed by atoms with E-state index in [0.717, 1.165) is 11.6 Å². The molecule has 110 valence electrons. The molecule has 2 rings (SSSR count). The van der Waals surface area contributed by atoms with E-state index in [0.29, 0.717) is 17.3 Å². The molecule has 4 heteroatoms. The number of nitrogens with one attached hydrogen (secondary N) is 2. The Kier molecular flexibility index (Phi) is 4.88. The van der Waals surface area contributed by atoms with Gasteiger partial charge in [-0.05, 0) is 43.4 Å². The van der Waals surface area contributed by atoms with Gasteiger partial charge in [-0.3, -0.25) is 4.79 Å². The highest BCUT2D eigenvalue weighted by atomic mass is 16.1. The Labute approximate surface area is 121 Å². The maximum Gasteiger partial charge on any atom is 0.251 e. The fraction of sp³-hybridized carbons (Fsp3) is 0.562. The molecule has 0 spiro atoms. The first kappa shape index (κ1) is 14.7. The molecule has 4 nitrogen and oxygen atoms in total. The largest absolute Gasteiger partial charge is 0.397 e. The lowest BCUT2D eigenvalue weighted by atomic mass is 10.0. The standard InChI is InChI=1S/C16H25N3O/c1-11-4-3-5-13(8-6-11)19-15-9-7-12(10-14(15)17)16(20)18-2/h7,9-11,13,19H,3-6,8,17H2,1-2H3,(H,18,20). The van der Waals surface area contributed by atoms with Crippen LogP contribution in [0.4, 0.5) is 11.4 Å². The van der Waals surface area contributed by atoms with Crippen molar-refractivity contribution < 1.29 is 4.79 Å². The molecule has 4 N–H and O–H groups in total. The quantitative estimate of drug-likeness (QED) is 0.587. The van der Waals surface area contributed by atoms with Gasteiger partial charge in [-0.15, -0.1) is 0 Å². The molecule has 1 amide bonds. The Morgan fingerprint density at radius 3 is 2.75 bits per heavy atom.